The number of rotatable bonds is 4. The van der Waals surface area contributed by atoms with Gasteiger partial charge >= 0.3 is 0 Å². The molecule has 1 N–H and O–H groups in total. The third-order valence-corrected chi connectivity index (χ3v) is 6.29. The van der Waals surface area contributed by atoms with Crippen LogP contribution in [0.4, 0.5) is 0 Å². The van der Waals surface area contributed by atoms with Crippen molar-refractivity contribution in [2.24, 2.45) is 5.92 Å². The van der Waals surface area contributed by atoms with Crippen molar-refractivity contribution in [3.63, 3.8) is 0 Å². The van der Waals surface area contributed by atoms with Crippen LogP contribution in [0.3, 0.4) is 0 Å². The molecule has 132 valence electrons. The Kier molecular flexibility index (Phi) is 4.96. The molecule has 0 spiro atoms. The molecule has 5 rings (SSSR count). The van der Waals surface area contributed by atoms with Crippen LogP contribution in [0.1, 0.15) is 28.8 Å². The average Bonchev–Trinajstić information content (AvgIpc) is 2.69. The van der Waals surface area contributed by atoms with E-state index in [0.717, 1.165) is 16.3 Å². The van der Waals surface area contributed by atoms with Crippen molar-refractivity contribution >= 4 is 17.7 Å². The molecular formula is C21H21N3OS. The molecule has 3 fully saturated rings. The summed E-state index contributed by atoms with van der Waals surface area (Å²) in [6.07, 6.45) is 2.39. The third-order valence-electron chi connectivity index (χ3n) is 5.29. The van der Waals surface area contributed by atoms with E-state index in [1.807, 2.05) is 42.5 Å². The molecular weight excluding hydrogens is 342 g/mol. The van der Waals surface area contributed by atoms with Crippen LogP contribution in [0.25, 0.3) is 0 Å². The number of fused-ring (bicyclic) bond motifs is 3. The minimum Gasteiger partial charge on any atom is -0.348 e. The number of hydrogen-bond acceptors (Lipinski definition) is 4. The van der Waals surface area contributed by atoms with Crippen molar-refractivity contribution in [3.8, 4) is 6.07 Å². The maximum absolute atomic E-state index is 12.6. The number of hydrogen-bond donors (Lipinski definition) is 1. The molecule has 2 bridgehead atoms. The molecule has 0 aromatic heterocycles. The molecule has 1 amide bonds. The van der Waals surface area contributed by atoms with Gasteiger partial charge in [0.1, 0.15) is 0 Å². The van der Waals surface area contributed by atoms with E-state index < -0.39 is 0 Å². The van der Waals surface area contributed by atoms with Gasteiger partial charge in [0, 0.05) is 27.9 Å². The number of carbonyl (C=O) groups is 1. The lowest BCUT2D eigenvalue weighted by Gasteiger charge is -2.44. The third kappa shape index (κ3) is 3.77. The number of piperidine rings is 3. The fourth-order valence-corrected chi connectivity index (χ4v) is 4.70. The van der Waals surface area contributed by atoms with Crippen LogP contribution < -0.4 is 5.32 Å². The molecule has 5 heteroatoms. The van der Waals surface area contributed by atoms with E-state index in [1.54, 1.807) is 17.8 Å². The Balaban J connectivity index is 1.39. The van der Waals surface area contributed by atoms with Crippen LogP contribution >= 0.6 is 11.8 Å². The molecule has 0 unspecified atom stereocenters. The molecule has 2 aromatic rings. The van der Waals surface area contributed by atoms with Crippen molar-refractivity contribution in [1.29, 1.82) is 5.26 Å². The van der Waals surface area contributed by atoms with Crippen LogP contribution in [0, 0.1) is 17.2 Å². The largest absolute Gasteiger partial charge is 0.348 e. The summed E-state index contributed by atoms with van der Waals surface area (Å²) in [5.74, 6) is 0.651. The Morgan fingerprint density at radius 2 is 1.88 bits per heavy atom. The molecule has 1 atom stereocenters. The maximum atomic E-state index is 12.6. The Morgan fingerprint density at radius 1 is 1.12 bits per heavy atom. The summed E-state index contributed by atoms with van der Waals surface area (Å²) < 4.78 is 0. The predicted octanol–water partition coefficient (Wildman–Crippen LogP) is 3.53. The van der Waals surface area contributed by atoms with Crippen LogP contribution in [0.2, 0.25) is 0 Å². The van der Waals surface area contributed by atoms with Crippen molar-refractivity contribution in [1.82, 2.24) is 10.2 Å². The average molecular weight is 363 g/mol. The molecule has 3 heterocycles. The van der Waals surface area contributed by atoms with E-state index in [-0.39, 0.29) is 11.9 Å². The molecule has 0 aliphatic carbocycles. The van der Waals surface area contributed by atoms with Gasteiger partial charge in [-0.15, -0.1) is 0 Å². The molecule has 0 radical (unpaired) electrons. The van der Waals surface area contributed by atoms with Crippen LogP contribution in [-0.2, 0) is 0 Å². The normalized spacial score (nSPS) is 24.0. The fourth-order valence-electron chi connectivity index (χ4n) is 3.82. The summed E-state index contributed by atoms with van der Waals surface area (Å²) in [7, 11) is 0. The first-order valence-electron chi connectivity index (χ1n) is 9.02. The quantitative estimate of drug-likeness (QED) is 0.903. The Hall–Kier alpha value is -2.29. The number of carbonyl (C=O) groups excluding carboxylic acids is 1. The van der Waals surface area contributed by atoms with Gasteiger partial charge in [-0.25, -0.2) is 0 Å². The zero-order valence-corrected chi connectivity index (χ0v) is 15.3. The van der Waals surface area contributed by atoms with Crippen molar-refractivity contribution in [3.05, 3.63) is 59.7 Å². The van der Waals surface area contributed by atoms with Crippen molar-refractivity contribution in [2.75, 3.05) is 19.6 Å². The van der Waals surface area contributed by atoms with Gasteiger partial charge in [-0.1, -0.05) is 17.8 Å². The predicted molar refractivity (Wildman–Crippen MR) is 102 cm³/mol. The van der Waals surface area contributed by atoms with Gasteiger partial charge in [0.25, 0.3) is 5.91 Å². The number of nitriles is 1. The molecule has 2 aromatic carbocycles. The first kappa shape index (κ1) is 17.1. The van der Waals surface area contributed by atoms with E-state index in [4.69, 9.17) is 5.26 Å². The van der Waals surface area contributed by atoms with Gasteiger partial charge in [0.05, 0.1) is 11.6 Å². The summed E-state index contributed by atoms with van der Waals surface area (Å²) in [5.41, 5.74) is 1.36. The smallest absolute Gasteiger partial charge is 0.251 e. The van der Waals surface area contributed by atoms with E-state index >= 15 is 0 Å². The SMILES string of the molecule is N#Cc1cccc(Sc2ccc(C(=O)N[C@H]3CN4CCC3CC4)cc2)c1. The van der Waals surface area contributed by atoms with Crippen LogP contribution in [0.15, 0.2) is 58.3 Å². The highest BCUT2D eigenvalue weighted by molar-refractivity contribution is 7.99. The first-order valence-corrected chi connectivity index (χ1v) is 9.84. The summed E-state index contributed by atoms with van der Waals surface area (Å²) in [6.45, 7) is 3.34. The molecule has 3 aliphatic rings. The van der Waals surface area contributed by atoms with Crippen molar-refractivity contribution in [2.45, 2.75) is 28.7 Å². The van der Waals surface area contributed by atoms with Gasteiger partial charge in [-0.2, -0.15) is 5.26 Å². The summed E-state index contributed by atoms with van der Waals surface area (Å²) in [4.78, 5) is 17.1. The lowest BCUT2D eigenvalue weighted by molar-refractivity contribution is 0.0620. The lowest BCUT2D eigenvalue weighted by atomic mass is 9.84. The van der Waals surface area contributed by atoms with Crippen LogP contribution in [-0.4, -0.2) is 36.5 Å². The standard InChI is InChI=1S/C21H21N3OS/c22-13-15-2-1-3-19(12-15)26-18-6-4-17(5-7-18)21(25)23-20-14-24-10-8-16(20)9-11-24/h1-7,12,16,20H,8-11,14H2,(H,23,25)/t20-/m0/s1. The first-order chi connectivity index (χ1) is 12.7. The molecule has 26 heavy (non-hydrogen) atoms. The van der Waals surface area contributed by atoms with Gasteiger partial charge in [0.15, 0.2) is 0 Å². The Bertz CT molecular complexity index is 835. The number of amides is 1. The summed E-state index contributed by atoms with van der Waals surface area (Å²) >= 11 is 1.59. The van der Waals surface area contributed by atoms with E-state index in [1.165, 1.54) is 25.9 Å². The minimum absolute atomic E-state index is 0.0202. The summed E-state index contributed by atoms with van der Waals surface area (Å²) in [6, 6.07) is 17.7. The van der Waals surface area contributed by atoms with Gasteiger partial charge < -0.3 is 10.2 Å². The Labute approximate surface area is 158 Å². The highest BCUT2D eigenvalue weighted by Crippen LogP contribution is 2.29. The summed E-state index contributed by atoms with van der Waals surface area (Å²) in [5, 5.41) is 12.2. The molecule has 0 saturated carbocycles. The Morgan fingerprint density at radius 3 is 2.54 bits per heavy atom. The maximum Gasteiger partial charge on any atom is 0.251 e. The number of nitrogens with one attached hydrogen (secondary N) is 1. The number of benzene rings is 2. The highest BCUT2D eigenvalue weighted by Gasteiger charge is 2.34. The zero-order valence-electron chi connectivity index (χ0n) is 14.5. The minimum atomic E-state index is 0.0202. The van der Waals surface area contributed by atoms with E-state index in [9.17, 15) is 4.79 Å². The second-order valence-corrected chi connectivity index (χ2v) is 8.13. The van der Waals surface area contributed by atoms with Gasteiger partial charge in [-0.05, 0) is 74.3 Å². The second kappa shape index (κ2) is 7.53. The van der Waals surface area contributed by atoms with E-state index in [0.29, 0.717) is 17.0 Å². The van der Waals surface area contributed by atoms with Gasteiger partial charge in [-0.3, -0.25) is 4.79 Å². The zero-order chi connectivity index (χ0) is 17.9. The number of nitrogens with zero attached hydrogens (tertiary/aromatic N) is 2. The molecule has 4 nitrogen and oxygen atoms in total. The van der Waals surface area contributed by atoms with E-state index in [2.05, 4.69) is 16.3 Å². The fraction of sp³-hybridized carbons (Fsp3) is 0.333. The highest BCUT2D eigenvalue weighted by atomic mass is 32.2. The second-order valence-electron chi connectivity index (χ2n) is 6.98. The topological polar surface area (TPSA) is 56.1 Å². The van der Waals surface area contributed by atoms with Crippen molar-refractivity contribution < 1.29 is 4.79 Å². The monoisotopic (exact) mass is 363 g/mol. The van der Waals surface area contributed by atoms with Crippen LogP contribution in [0.5, 0.6) is 0 Å². The lowest BCUT2D eigenvalue weighted by Crippen LogP contribution is -2.57. The van der Waals surface area contributed by atoms with Gasteiger partial charge in [0.2, 0.25) is 0 Å². The molecule has 3 aliphatic heterocycles. The molecule has 3 saturated heterocycles.